The minimum Gasteiger partial charge on any atom is -0.535 e. The molecule has 2 heterocycles. The lowest BCUT2D eigenvalue weighted by Gasteiger charge is -2.28. The summed E-state index contributed by atoms with van der Waals surface area (Å²) in [6, 6.07) is 2.95. The van der Waals surface area contributed by atoms with Crippen molar-refractivity contribution in [1.82, 2.24) is 4.98 Å². The summed E-state index contributed by atoms with van der Waals surface area (Å²) in [6.45, 7) is 0. The van der Waals surface area contributed by atoms with E-state index in [2.05, 4.69) is 10.1 Å². The Balaban J connectivity index is 1.86. The number of hydrogen-bond acceptors (Lipinski definition) is 10. The molecule has 160 valence electrons. The van der Waals surface area contributed by atoms with Crippen LogP contribution in [0.4, 0.5) is 5.13 Å². The van der Waals surface area contributed by atoms with Gasteiger partial charge in [0, 0.05) is 23.7 Å². The fraction of sp³-hybridized carbons (Fsp3) is 0.167. The molecule has 0 amide bonds. The van der Waals surface area contributed by atoms with Gasteiger partial charge >= 0.3 is 19.1 Å². The Labute approximate surface area is 179 Å². The number of hydrogen-bond donors (Lipinski definition) is 5. The molecule has 1 aromatic carbocycles. The number of rotatable bonds is 7. The summed E-state index contributed by atoms with van der Waals surface area (Å²) in [7, 11) is -1.52. The normalized spacial score (nSPS) is 16.1. The predicted molar refractivity (Wildman–Crippen MR) is 111 cm³/mol. The highest BCUT2D eigenvalue weighted by molar-refractivity contribution is 7.13. The van der Waals surface area contributed by atoms with Crippen molar-refractivity contribution in [3.8, 4) is 5.75 Å². The van der Waals surface area contributed by atoms with Crippen LogP contribution in [0.15, 0.2) is 28.7 Å². The van der Waals surface area contributed by atoms with Gasteiger partial charge in [-0.2, -0.15) is 0 Å². The van der Waals surface area contributed by atoms with Gasteiger partial charge in [-0.3, -0.25) is 4.79 Å². The fourth-order valence-corrected chi connectivity index (χ4v) is 3.76. The minimum absolute atomic E-state index is 0.0891. The van der Waals surface area contributed by atoms with Crippen LogP contribution in [0, 0.1) is 0 Å². The van der Waals surface area contributed by atoms with Gasteiger partial charge in [0.15, 0.2) is 16.6 Å². The smallest absolute Gasteiger partial charge is 0.526 e. The molecule has 0 radical (unpaired) electrons. The van der Waals surface area contributed by atoms with Crippen molar-refractivity contribution < 1.29 is 39.5 Å². The van der Waals surface area contributed by atoms with Gasteiger partial charge < -0.3 is 30.8 Å². The van der Waals surface area contributed by atoms with Gasteiger partial charge in [0.1, 0.15) is 17.0 Å². The van der Waals surface area contributed by atoms with Crippen LogP contribution in [-0.4, -0.2) is 56.0 Å². The van der Waals surface area contributed by atoms with Crippen LogP contribution in [0.2, 0.25) is 5.82 Å². The first-order chi connectivity index (χ1) is 14.7. The number of benzene rings is 1. The van der Waals surface area contributed by atoms with E-state index < -0.39 is 30.7 Å². The molecule has 2 aromatic rings. The molecular formula is C18H16BN3O8S. The number of nitrogens with zero attached hydrogens (tertiary/aromatic N) is 2. The second-order valence-corrected chi connectivity index (χ2v) is 7.50. The van der Waals surface area contributed by atoms with Crippen LogP contribution in [0.3, 0.4) is 0 Å². The molecule has 6 N–H and O–H groups in total. The van der Waals surface area contributed by atoms with Crippen LogP contribution in [0.25, 0.3) is 6.08 Å². The second-order valence-electron chi connectivity index (χ2n) is 6.61. The third kappa shape index (κ3) is 4.73. The van der Waals surface area contributed by atoms with E-state index in [-0.39, 0.29) is 46.3 Å². The Kier molecular flexibility index (Phi) is 6.37. The number of fused-ring (bicyclic) bond motifs is 1. The molecule has 31 heavy (non-hydrogen) atoms. The number of nitrogen functional groups attached to an aromatic ring is 1. The Morgan fingerprint density at radius 1 is 1.35 bits per heavy atom. The van der Waals surface area contributed by atoms with Gasteiger partial charge in [0.2, 0.25) is 0 Å². The molecule has 11 nitrogen and oxygen atoms in total. The largest absolute Gasteiger partial charge is 0.535 e. The summed E-state index contributed by atoms with van der Waals surface area (Å²) in [4.78, 5) is 39.0. The molecule has 0 unspecified atom stereocenters. The maximum absolute atomic E-state index is 12.6. The lowest BCUT2D eigenvalue weighted by molar-refractivity contribution is -0.131. The number of carboxylic acid groups (broad SMARTS) is 2. The van der Waals surface area contributed by atoms with Gasteiger partial charge in [-0.15, -0.1) is 11.3 Å². The monoisotopic (exact) mass is 445 g/mol. The van der Waals surface area contributed by atoms with Gasteiger partial charge in [0.05, 0.1) is 0 Å². The molecule has 1 aliphatic rings. The van der Waals surface area contributed by atoms with Gasteiger partial charge in [-0.05, 0) is 23.6 Å². The van der Waals surface area contributed by atoms with E-state index in [4.69, 9.17) is 15.5 Å². The Hall–Kier alpha value is -3.71. The van der Waals surface area contributed by atoms with Crippen molar-refractivity contribution in [2.75, 3.05) is 5.73 Å². The molecule has 1 aromatic heterocycles. The number of nitrogens with two attached hydrogens (primary N) is 1. The molecule has 0 saturated heterocycles. The first-order valence-corrected chi connectivity index (χ1v) is 9.70. The van der Waals surface area contributed by atoms with Crippen LogP contribution in [0.1, 0.15) is 33.6 Å². The molecule has 1 atom stereocenters. The third-order valence-corrected chi connectivity index (χ3v) is 5.26. The predicted octanol–water partition coefficient (Wildman–Crippen LogP) is 1.14. The molecular weight excluding hydrogens is 429 g/mol. The molecule has 1 aliphatic heterocycles. The molecule has 3 rings (SSSR count). The minimum atomic E-state index is -1.52. The van der Waals surface area contributed by atoms with E-state index in [9.17, 15) is 29.7 Å². The average molecular weight is 445 g/mol. The quantitative estimate of drug-likeness (QED) is 0.136. The van der Waals surface area contributed by atoms with Gasteiger partial charge in [-0.1, -0.05) is 17.3 Å². The SMILES string of the molecule is Nc1nc(/C(=N/O)C(=O)C[C@H]2Cc3ccc(/C=C/C(=O)O)c(C(=O)O)c3OB2O)cs1. The molecule has 0 aliphatic carbocycles. The Morgan fingerprint density at radius 3 is 2.68 bits per heavy atom. The van der Waals surface area contributed by atoms with Crippen molar-refractivity contribution >= 4 is 53.1 Å². The molecule has 13 heteroatoms. The number of Topliss-reactive ketones (excluding diaryl/α,β-unsaturated/α-hetero) is 1. The van der Waals surface area contributed by atoms with Crippen molar-refractivity contribution in [3.05, 3.63) is 46.0 Å². The van der Waals surface area contributed by atoms with E-state index >= 15 is 0 Å². The summed E-state index contributed by atoms with van der Waals surface area (Å²) < 4.78 is 5.41. The van der Waals surface area contributed by atoms with Crippen LogP contribution >= 0.6 is 11.3 Å². The summed E-state index contributed by atoms with van der Waals surface area (Å²) >= 11 is 1.06. The Bertz CT molecular complexity index is 1110. The number of aromatic carboxylic acids is 1. The number of ketones is 1. The first kappa shape index (κ1) is 22.0. The maximum atomic E-state index is 12.6. The third-order valence-electron chi connectivity index (χ3n) is 4.59. The zero-order valence-electron chi connectivity index (χ0n) is 15.8. The topological polar surface area (TPSA) is 193 Å². The van der Waals surface area contributed by atoms with E-state index in [1.165, 1.54) is 17.5 Å². The van der Waals surface area contributed by atoms with Crippen molar-refractivity contribution in [1.29, 1.82) is 0 Å². The van der Waals surface area contributed by atoms with Crippen LogP contribution < -0.4 is 10.4 Å². The van der Waals surface area contributed by atoms with Crippen LogP contribution in [-0.2, 0) is 16.0 Å². The molecule has 0 spiro atoms. The number of oxime groups is 1. The molecule has 0 bridgehead atoms. The summed E-state index contributed by atoms with van der Waals surface area (Å²) in [5.74, 6) is -4.08. The van der Waals surface area contributed by atoms with E-state index in [0.717, 1.165) is 23.5 Å². The second kappa shape index (κ2) is 8.98. The highest BCUT2D eigenvalue weighted by Gasteiger charge is 2.39. The molecule has 0 fully saturated rings. The fourth-order valence-electron chi connectivity index (χ4n) is 3.21. The van der Waals surface area contributed by atoms with Crippen molar-refractivity contribution in [2.24, 2.45) is 5.16 Å². The number of anilines is 1. The number of aliphatic carboxylic acids is 1. The number of aromatic nitrogens is 1. The lowest BCUT2D eigenvalue weighted by Crippen LogP contribution is -2.37. The lowest BCUT2D eigenvalue weighted by atomic mass is 9.64. The zero-order chi connectivity index (χ0) is 22.7. The number of carboxylic acids is 2. The zero-order valence-corrected chi connectivity index (χ0v) is 16.6. The van der Waals surface area contributed by atoms with Crippen molar-refractivity contribution in [3.63, 3.8) is 0 Å². The standard InChI is InChI=1S/C18H16BN3O8S/c20-18-21-11(7-31-18)15(22-29)12(23)6-10-5-9-2-1-8(3-4-13(24)25)14(17(26)27)16(9)30-19(10)28/h1-4,7,10,28-29H,5-6H2,(H2,20,21)(H,24,25)(H,26,27)/b4-3+,22-15-/t10-/m1/s1. The van der Waals surface area contributed by atoms with Gasteiger partial charge in [-0.25, -0.2) is 14.6 Å². The van der Waals surface area contributed by atoms with Crippen molar-refractivity contribution in [2.45, 2.75) is 18.7 Å². The highest BCUT2D eigenvalue weighted by atomic mass is 32.1. The summed E-state index contributed by atoms with van der Waals surface area (Å²) in [5.41, 5.74) is 5.54. The number of carbonyl (C=O) groups is 3. The molecule has 0 saturated carbocycles. The average Bonchev–Trinajstić information content (AvgIpc) is 3.12. The van der Waals surface area contributed by atoms with E-state index in [1.54, 1.807) is 0 Å². The number of thiazole rings is 1. The van der Waals surface area contributed by atoms with E-state index in [0.29, 0.717) is 5.56 Å². The summed E-state index contributed by atoms with van der Waals surface area (Å²) in [5, 5.41) is 42.6. The van der Waals surface area contributed by atoms with Crippen LogP contribution in [0.5, 0.6) is 5.75 Å². The van der Waals surface area contributed by atoms with E-state index in [1.807, 2.05) is 0 Å². The highest BCUT2D eigenvalue weighted by Crippen LogP contribution is 2.38. The first-order valence-electron chi connectivity index (χ1n) is 8.82. The maximum Gasteiger partial charge on any atom is 0.526 e. The number of carbonyl (C=O) groups excluding carboxylic acids is 1. The van der Waals surface area contributed by atoms with Gasteiger partial charge in [0.25, 0.3) is 0 Å². The summed E-state index contributed by atoms with van der Waals surface area (Å²) in [6.07, 6.45) is 1.74. The Morgan fingerprint density at radius 2 is 2.10 bits per heavy atom.